The van der Waals surface area contributed by atoms with E-state index in [4.69, 9.17) is 15.0 Å². The second-order valence-electron chi connectivity index (χ2n) is 4.66. The van der Waals surface area contributed by atoms with Gasteiger partial charge in [0.2, 0.25) is 5.89 Å². The maximum absolute atomic E-state index is 9.43. The van der Waals surface area contributed by atoms with Gasteiger partial charge in [-0.15, -0.1) is 0 Å². The van der Waals surface area contributed by atoms with Gasteiger partial charge in [-0.25, -0.2) is 0 Å². The summed E-state index contributed by atoms with van der Waals surface area (Å²) < 4.78 is 10.7. The van der Waals surface area contributed by atoms with Crippen molar-refractivity contribution in [2.75, 3.05) is 6.61 Å². The topological polar surface area (TPSA) is 94.4 Å². The highest BCUT2D eigenvalue weighted by Gasteiger charge is 2.30. The molecule has 0 spiro atoms. The van der Waals surface area contributed by atoms with E-state index in [9.17, 15) is 5.11 Å². The lowest BCUT2D eigenvalue weighted by molar-refractivity contribution is 0.146. The van der Waals surface area contributed by atoms with Crippen LogP contribution in [0.5, 0.6) is 5.75 Å². The van der Waals surface area contributed by atoms with Crippen LogP contribution in [0.4, 0.5) is 0 Å². The minimum Gasteiger partial charge on any atom is -0.492 e. The van der Waals surface area contributed by atoms with Gasteiger partial charge in [0.15, 0.2) is 5.82 Å². The van der Waals surface area contributed by atoms with Gasteiger partial charge in [-0.05, 0) is 13.0 Å². The number of aromatic nitrogens is 2. The first-order valence-corrected chi connectivity index (χ1v) is 6.15. The van der Waals surface area contributed by atoms with E-state index in [0.29, 0.717) is 12.4 Å². The van der Waals surface area contributed by atoms with E-state index in [2.05, 4.69) is 10.1 Å². The molecule has 6 nitrogen and oxygen atoms in total. The third-order valence-electron chi connectivity index (χ3n) is 3.27. The fourth-order valence-corrected chi connectivity index (χ4v) is 2.11. The van der Waals surface area contributed by atoms with Crippen molar-refractivity contribution in [1.82, 2.24) is 10.1 Å². The van der Waals surface area contributed by atoms with E-state index in [1.807, 2.05) is 24.3 Å². The summed E-state index contributed by atoms with van der Waals surface area (Å²) in [5, 5.41) is 13.4. The number of aliphatic hydroxyl groups is 1. The normalized spacial score (nSPS) is 20.7. The summed E-state index contributed by atoms with van der Waals surface area (Å²) in [6.45, 7) is 2.07. The molecule has 0 saturated heterocycles. The van der Waals surface area contributed by atoms with Gasteiger partial charge in [0, 0.05) is 5.56 Å². The minimum absolute atomic E-state index is 0.0464. The Balaban J connectivity index is 1.89. The Morgan fingerprint density at radius 3 is 3.00 bits per heavy atom. The highest BCUT2D eigenvalue weighted by atomic mass is 16.5. The number of fused-ring (bicyclic) bond motifs is 1. The molecule has 0 aliphatic carbocycles. The molecule has 6 heteroatoms. The van der Waals surface area contributed by atoms with Gasteiger partial charge in [0.25, 0.3) is 0 Å². The third kappa shape index (κ3) is 2.09. The zero-order valence-corrected chi connectivity index (χ0v) is 10.5. The molecule has 3 rings (SSSR count). The summed E-state index contributed by atoms with van der Waals surface area (Å²) in [5.74, 6) is 1.58. The number of nitrogens with zero attached hydrogens (tertiary/aromatic N) is 2. The Morgan fingerprint density at radius 2 is 2.21 bits per heavy atom. The zero-order chi connectivity index (χ0) is 13.4. The standard InChI is InChI=1S/C13H15N3O3/c1-7(17)11(14)13-15-12(16-19-13)9-6-18-10-5-3-2-4-8(9)10/h2-5,7,9,11,17H,6,14H2,1H3. The van der Waals surface area contributed by atoms with Crippen LogP contribution in [0, 0.1) is 0 Å². The van der Waals surface area contributed by atoms with Crippen LogP contribution >= 0.6 is 0 Å². The molecule has 1 aliphatic rings. The third-order valence-corrected chi connectivity index (χ3v) is 3.27. The van der Waals surface area contributed by atoms with E-state index >= 15 is 0 Å². The number of hydrogen-bond donors (Lipinski definition) is 2. The molecule has 0 amide bonds. The van der Waals surface area contributed by atoms with E-state index in [1.54, 1.807) is 6.92 Å². The van der Waals surface area contributed by atoms with Gasteiger partial charge in [0.05, 0.1) is 12.0 Å². The molecular formula is C13H15N3O3. The zero-order valence-electron chi connectivity index (χ0n) is 10.5. The number of para-hydroxylation sites is 1. The van der Waals surface area contributed by atoms with E-state index in [1.165, 1.54) is 0 Å². The molecule has 0 saturated carbocycles. The fraction of sp³-hybridized carbons (Fsp3) is 0.385. The van der Waals surface area contributed by atoms with Crippen molar-refractivity contribution in [3.63, 3.8) is 0 Å². The van der Waals surface area contributed by atoms with Crippen LogP contribution in [0.25, 0.3) is 0 Å². The maximum Gasteiger partial charge on any atom is 0.246 e. The van der Waals surface area contributed by atoms with Crippen LogP contribution in [0.1, 0.15) is 36.2 Å². The molecule has 3 N–H and O–H groups in total. The molecule has 3 atom stereocenters. The van der Waals surface area contributed by atoms with Crippen molar-refractivity contribution in [2.24, 2.45) is 5.73 Å². The lowest BCUT2D eigenvalue weighted by Crippen LogP contribution is -2.23. The molecule has 0 fully saturated rings. The number of aliphatic hydroxyl groups excluding tert-OH is 1. The Kier molecular flexibility index (Phi) is 2.96. The van der Waals surface area contributed by atoms with Gasteiger partial charge in [-0.3, -0.25) is 0 Å². The molecule has 1 aromatic carbocycles. The molecule has 2 heterocycles. The molecule has 0 radical (unpaired) electrons. The van der Waals surface area contributed by atoms with Crippen LogP contribution < -0.4 is 10.5 Å². The quantitative estimate of drug-likeness (QED) is 0.855. The van der Waals surface area contributed by atoms with Gasteiger partial charge >= 0.3 is 0 Å². The molecule has 2 aromatic rings. The predicted molar refractivity (Wildman–Crippen MR) is 66.7 cm³/mol. The van der Waals surface area contributed by atoms with E-state index in [-0.39, 0.29) is 11.8 Å². The summed E-state index contributed by atoms with van der Waals surface area (Å²) in [6.07, 6.45) is -0.736. The van der Waals surface area contributed by atoms with Gasteiger partial charge in [-0.2, -0.15) is 4.98 Å². The van der Waals surface area contributed by atoms with Crippen LogP contribution in [0.15, 0.2) is 28.8 Å². The number of benzene rings is 1. The fourth-order valence-electron chi connectivity index (χ4n) is 2.11. The van der Waals surface area contributed by atoms with E-state index in [0.717, 1.165) is 11.3 Å². The van der Waals surface area contributed by atoms with Gasteiger partial charge < -0.3 is 20.1 Å². The van der Waals surface area contributed by atoms with Gasteiger partial charge in [-0.1, -0.05) is 23.4 Å². The number of ether oxygens (including phenoxy) is 1. The smallest absolute Gasteiger partial charge is 0.246 e. The summed E-state index contributed by atoms with van der Waals surface area (Å²) in [6, 6.07) is 7.10. The number of rotatable bonds is 3. The number of hydrogen-bond acceptors (Lipinski definition) is 6. The average molecular weight is 261 g/mol. The Hall–Kier alpha value is -1.92. The molecule has 1 aliphatic heterocycles. The predicted octanol–water partition coefficient (Wildman–Crippen LogP) is 0.975. The molecule has 19 heavy (non-hydrogen) atoms. The summed E-state index contributed by atoms with van der Waals surface area (Å²) >= 11 is 0. The van der Waals surface area contributed by atoms with Crippen molar-refractivity contribution >= 4 is 0 Å². The molecule has 100 valence electrons. The van der Waals surface area contributed by atoms with Gasteiger partial charge in [0.1, 0.15) is 18.4 Å². The molecule has 3 unspecified atom stereocenters. The second kappa shape index (κ2) is 4.64. The highest BCUT2D eigenvalue weighted by Crippen LogP contribution is 2.36. The summed E-state index contributed by atoms with van der Waals surface area (Å²) in [5.41, 5.74) is 6.81. The molecule has 1 aromatic heterocycles. The van der Waals surface area contributed by atoms with Crippen molar-refractivity contribution < 1.29 is 14.4 Å². The highest BCUT2D eigenvalue weighted by molar-refractivity contribution is 5.42. The largest absolute Gasteiger partial charge is 0.492 e. The molecule has 0 bridgehead atoms. The monoisotopic (exact) mass is 261 g/mol. The van der Waals surface area contributed by atoms with Crippen molar-refractivity contribution in [3.05, 3.63) is 41.5 Å². The van der Waals surface area contributed by atoms with Crippen molar-refractivity contribution in [1.29, 1.82) is 0 Å². The maximum atomic E-state index is 9.43. The Bertz CT molecular complexity index is 582. The first-order valence-electron chi connectivity index (χ1n) is 6.15. The second-order valence-corrected chi connectivity index (χ2v) is 4.66. The van der Waals surface area contributed by atoms with Crippen LogP contribution in [0.2, 0.25) is 0 Å². The summed E-state index contributed by atoms with van der Waals surface area (Å²) in [4.78, 5) is 4.27. The average Bonchev–Trinajstić information content (AvgIpc) is 3.03. The SMILES string of the molecule is CC(O)C(N)c1nc(C2COc3ccccc32)no1. The Morgan fingerprint density at radius 1 is 1.42 bits per heavy atom. The molecular weight excluding hydrogens is 246 g/mol. The van der Waals surface area contributed by atoms with Crippen LogP contribution in [0.3, 0.4) is 0 Å². The van der Waals surface area contributed by atoms with E-state index < -0.39 is 12.1 Å². The lowest BCUT2D eigenvalue weighted by atomic mass is 10.0. The summed E-state index contributed by atoms with van der Waals surface area (Å²) in [7, 11) is 0. The van der Waals surface area contributed by atoms with Crippen LogP contribution in [-0.2, 0) is 0 Å². The van der Waals surface area contributed by atoms with Crippen molar-refractivity contribution in [2.45, 2.75) is 25.0 Å². The Labute approximate surface area is 110 Å². The lowest BCUT2D eigenvalue weighted by Gasteiger charge is -2.08. The minimum atomic E-state index is -0.736. The van der Waals surface area contributed by atoms with Crippen molar-refractivity contribution in [3.8, 4) is 5.75 Å². The number of nitrogens with two attached hydrogens (primary N) is 1. The first kappa shape index (κ1) is 12.1. The van der Waals surface area contributed by atoms with Crippen LogP contribution in [-0.4, -0.2) is 28.0 Å². The first-order chi connectivity index (χ1) is 9.16.